The summed E-state index contributed by atoms with van der Waals surface area (Å²) in [6, 6.07) is 2.83. The third-order valence-corrected chi connectivity index (χ3v) is 2.34. The van der Waals surface area contributed by atoms with Crippen LogP contribution in [-0.2, 0) is 9.53 Å². The summed E-state index contributed by atoms with van der Waals surface area (Å²) in [5.74, 6) is -0.971. The number of carbonyl (C=O) groups is 1. The van der Waals surface area contributed by atoms with Gasteiger partial charge in [-0.25, -0.2) is 0 Å². The molecule has 1 aromatic heterocycles. The van der Waals surface area contributed by atoms with Crippen LogP contribution in [0.2, 0.25) is 0 Å². The van der Waals surface area contributed by atoms with Crippen molar-refractivity contribution in [3.05, 3.63) is 34.0 Å². The SMILES string of the molecule is CCOC(=O)C(CC)c1ccc([N+](=O)[O-])nc1. The lowest BCUT2D eigenvalue weighted by Crippen LogP contribution is -2.15. The summed E-state index contributed by atoms with van der Waals surface area (Å²) in [6.45, 7) is 3.90. The number of hydrogen-bond acceptors (Lipinski definition) is 5. The highest BCUT2D eigenvalue weighted by molar-refractivity contribution is 5.78. The molecule has 6 nitrogen and oxygen atoms in total. The van der Waals surface area contributed by atoms with E-state index in [1.54, 1.807) is 6.92 Å². The van der Waals surface area contributed by atoms with Crippen LogP contribution >= 0.6 is 0 Å². The molecule has 0 saturated carbocycles. The van der Waals surface area contributed by atoms with Crippen LogP contribution < -0.4 is 0 Å². The maximum absolute atomic E-state index is 11.6. The van der Waals surface area contributed by atoms with Gasteiger partial charge in [0, 0.05) is 11.6 Å². The largest absolute Gasteiger partial charge is 0.466 e. The van der Waals surface area contributed by atoms with Gasteiger partial charge in [-0.1, -0.05) is 6.92 Å². The topological polar surface area (TPSA) is 82.3 Å². The Labute approximate surface area is 98.8 Å². The zero-order valence-electron chi connectivity index (χ0n) is 9.75. The van der Waals surface area contributed by atoms with Crippen molar-refractivity contribution in [1.82, 2.24) is 4.98 Å². The van der Waals surface area contributed by atoms with Gasteiger partial charge >= 0.3 is 11.8 Å². The van der Waals surface area contributed by atoms with Crippen LogP contribution in [0.4, 0.5) is 5.82 Å². The third-order valence-electron chi connectivity index (χ3n) is 2.34. The average Bonchev–Trinajstić information content (AvgIpc) is 2.31. The molecule has 92 valence electrons. The number of nitro groups is 1. The molecule has 0 aliphatic carbocycles. The summed E-state index contributed by atoms with van der Waals surface area (Å²) < 4.78 is 4.93. The average molecular weight is 238 g/mol. The molecule has 1 atom stereocenters. The first kappa shape index (κ1) is 13.1. The molecule has 6 heteroatoms. The monoisotopic (exact) mass is 238 g/mol. The van der Waals surface area contributed by atoms with Crippen LogP contribution in [0.1, 0.15) is 31.7 Å². The van der Waals surface area contributed by atoms with Crippen molar-refractivity contribution < 1.29 is 14.5 Å². The van der Waals surface area contributed by atoms with E-state index in [1.807, 2.05) is 6.92 Å². The minimum atomic E-state index is -0.574. The molecule has 0 aliphatic heterocycles. The van der Waals surface area contributed by atoms with E-state index in [-0.39, 0.29) is 11.8 Å². The molecule has 1 heterocycles. The summed E-state index contributed by atoms with van der Waals surface area (Å²) in [4.78, 5) is 25.2. The number of hydrogen-bond donors (Lipinski definition) is 0. The molecule has 0 bridgehead atoms. The maximum atomic E-state index is 11.6. The molecule has 0 amide bonds. The van der Waals surface area contributed by atoms with E-state index in [0.29, 0.717) is 18.6 Å². The van der Waals surface area contributed by atoms with E-state index in [2.05, 4.69) is 4.98 Å². The number of rotatable bonds is 5. The van der Waals surface area contributed by atoms with Crippen LogP contribution in [-0.4, -0.2) is 22.5 Å². The highest BCUT2D eigenvalue weighted by Gasteiger charge is 2.22. The maximum Gasteiger partial charge on any atom is 0.363 e. The number of carbonyl (C=O) groups excluding carboxylic acids is 1. The van der Waals surface area contributed by atoms with Gasteiger partial charge < -0.3 is 14.9 Å². The van der Waals surface area contributed by atoms with Gasteiger partial charge in [-0.3, -0.25) is 4.79 Å². The van der Waals surface area contributed by atoms with Gasteiger partial charge in [0.05, 0.1) is 12.5 Å². The Balaban J connectivity index is 2.89. The van der Waals surface area contributed by atoms with Crippen molar-refractivity contribution in [1.29, 1.82) is 0 Å². The summed E-state index contributed by atoms with van der Waals surface area (Å²) in [7, 11) is 0. The third kappa shape index (κ3) is 3.24. The van der Waals surface area contributed by atoms with E-state index < -0.39 is 10.8 Å². The second-order valence-corrected chi connectivity index (χ2v) is 3.42. The van der Waals surface area contributed by atoms with Crippen molar-refractivity contribution in [3.8, 4) is 0 Å². The molecule has 0 saturated heterocycles. The molecule has 0 radical (unpaired) electrons. The quantitative estimate of drug-likeness (QED) is 0.445. The first-order chi connectivity index (χ1) is 8.10. The zero-order chi connectivity index (χ0) is 12.8. The van der Waals surface area contributed by atoms with E-state index in [1.165, 1.54) is 18.3 Å². The molecule has 0 aliphatic rings. The Morgan fingerprint density at radius 1 is 1.53 bits per heavy atom. The van der Waals surface area contributed by atoms with E-state index in [9.17, 15) is 14.9 Å². The normalized spacial score (nSPS) is 11.9. The molecule has 17 heavy (non-hydrogen) atoms. The fourth-order valence-corrected chi connectivity index (χ4v) is 1.49. The lowest BCUT2D eigenvalue weighted by molar-refractivity contribution is -0.389. The molecule has 1 unspecified atom stereocenters. The van der Waals surface area contributed by atoms with Gasteiger partial charge in [0.15, 0.2) is 0 Å². The number of aromatic nitrogens is 1. The minimum absolute atomic E-state index is 0.229. The lowest BCUT2D eigenvalue weighted by atomic mass is 9.98. The Hall–Kier alpha value is -1.98. The molecule has 0 spiro atoms. The molecule has 0 aromatic carbocycles. The fraction of sp³-hybridized carbons (Fsp3) is 0.455. The summed E-state index contributed by atoms with van der Waals surface area (Å²) >= 11 is 0. The molecular weight excluding hydrogens is 224 g/mol. The predicted octanol–water partition coefficient (Wildman–Crippen LogP) is 2.05. The van der Waals surface area contributed by atoms with Gasteiger partial charge in [-0.15, -0.1) is 0 Å². The molecule has 1 aromatic rings. The smallest absolute Gasteiger partial charge is 0.363 e. The highest BCUT2D eigenvalue weighted by Crippen LogP contribution is 2.21. The Morgan fingerprint density at radius 2 is 2.24 bits per heavy atom. The minimum Gasteiger partial charge on any atom is -0.466 e. The number of esters is 1. The number of nitrogens with zero attached hydrogens (tertiary/aromatic N) is 2. The van der Waals surface area contributed by atoms with Crippen LogP contribution in [0.3, 0.4) is 0 Å². The number of ether oxygens (including phenoxy) is 1. The first-order valence-corrected chi connectivity index (χ1v) is 5.37. The number of pyridine rings is 1. The highest BCUT2D eigenvalue weighted by atomic mass is 16.6. The van der Waals surface area contributed by atoms with Gasteiger partial charge in [0.25, 0.3) is 0 Å². The van der Waals surface area contributed by atoms with E-state index in [4.69, 9.17) is 4.74 Å². The van der Waals surface area contributed by atoms with Crippen molar-refractivity contribution in [2.24, 2.45) is 0 Å². The van der Waals surface area contributed by atoms with Crippen LogP contribution in [0.5, 0.6) is 0 Å². The summed E-state index contributed by atoms with van der Waals surface area (Å²) in [5.41, 5.74) is 0.636. The van der Waals surface area contributed by atoms with Crippen molar-refractivity contribution in [3.63, 3.8) is 0 Å². The Kier molecular flexibility index (Phi) is 4.56. The molecule has 0 N–H and O–H groups in total. The van der Waals surface area contributed by atoms with Gasteiger partial charge in [0.1, 0.15) is 6.20 Å². The molecular formula is C11H14N2O4. The molecule has 0 fully saturated rings. The van der Waals surface area contributed by atoms with Crippen LogP contribution in [0, 0.1) is 10.1 Å². The fourth-order valence-electron chi connectivity index (χ4n) is 1.49. The first-order valence-electron chi connectivity index (χ1n) is 5.37. The standard InChI is InChI=1S/C11H14N2O4/c1-3-9(11(14)17-4-2)8-5-6-10(12-7-8)13(15)16/h5-7,9H,3-4H2,1-2H3. The Morgan fingerprint density at radius 3 is 2.65 bits per heavy atom. The van der Waals surface area contributed by atoms with Crippen molar-refractivity contribution in [2.75, 3.05) is 6.61 Å². The van der Waals surface area contributed by atoms with E-state index in [0.717, 1.165) is 0 Å². The second-order valence-electron chi connectivity index (χ2n) is 3.42. The van der Waals surface area contributed by atoms with Crippen LogP contribution in [0.15, 0.2) is 18.3 Å². The van der Waals surface area contributed by atoms with E-state index >= 15 is 0 Å². The zero-order valence-corrected chi connectivity index (χ0v) is 9.75. The predicted molar refractivity (Wildman–Crippen MR) is 60.6 cm³/mol. The Bertz CT molecular complexity index is 402. The van der Waals surface area contributed by atoms with Crippen molar-refractivity contribution >= 4 is 11.8 Å². The van der Waals surface area contributed by atoms with Crippen LogP contribution in [0.25, 0.3) is 0 Å². The van der Waals surface area contributed by atoms with Gasteiger partial charge in [-0.05, 0) is 29.3 Å². The summed E-state index contributed by atoms with van der Waals surface area (Å²) in [5, 5.41) is 10.4. The molecule has 1 rings (SSSR count). The van der Waals surface area contributed by atoms with Gasteiger partial charge in [-0.2, -0.15) is 0 Å². The summed E-state index contributed by atoms with van der Waals surface area (Å²) in [6.07, 6.45) is 1.92. The van der Waals surface area contributed by atoms with Gasteiger partial charge in [0.2, 0.25) is 0 Å². The lowest BCUT2D eigenvalue weighted by Gasteiger charge is -2.11. The second kappa shape index (κ2) is 5.93. The van der Waals surface area contributed by atoms with Crippen molar-refractivity contribution in [2.45, 2.75) is 26.2 Å².